The van der Waals surface area contributed by atoms with Crippen LogP contribution in [-0.2, 0) is 16.6 Å². The van der Waals surface area contributed by atoms with Gasteiger partial charge in [0.25, 0.3) is 10.0 Å². The van der Waals surface area contributed by atoms with Crippen LogP contribution < -0.4 is 9.04 Å². The Kier molecular flexibility index (Phi) is 5.73. The molecule has 4 nitrogen and oxygen atoms in total. The molecule has 0 amide bonds. The molecule has 3 rings (SSSR count). The number of rotatable bonds is 6. The molecule has 0 unspecified atom stereocenters. The fourth-order valence-electron chi connectivity index (χ4n) is 2.66. The molecule has 0 aromatic heterocycles. The summed E-state index contributed by atoms with van der Waals surface area (Å²) in [6, 6.07) is 21.0. The molecule has 0 atom stereocenters. The van der Waals surface area contributed by atoms with Gasteiger partial charge in [-0.3, -0.25) is 4.31 Å². The molecule has 0 aliphatic carbocycles. The van der Waals surface area contributed by atoms with E-state index in [4.69, 9.17) is 16.3 Å². The van der Waals surface area contributed by atoms with E-state index in [0.717, 1.165) is 11.1 Å². The first kappa shape index (κ1) is 19.3. The van der Waals surface area contributed by atoms with Crippen molar-refractivity contribution in [2.24, 2.45) is 0 Å². The van der Waals surface area contributed by atoms with Crippen molar-refractivity contribution >= 4 is 27.3 Å². The van der Waals surface area contributed by atoms with E-state index in [1.807, 2.05) is 43.3 Å². The third kappa shape index (κ3) is 4.43. The van der Waals surface area contributed by atoms with Crippen LogP contribution in [0.15, 0.2) is 77.7 Å². The van der Waals surface area contributed by atoms with Gasteiger partial charge in [0.1, 0.15) is 5.75 Å². The summed E-state index contributed by atoms with van der Waals surface area (Å²) < 4.78 is 33.2. The van der Waals surface area contributed by atoms with Crippen LogP contribution >= 0.6 is 11.6 Å². The SMILES string of the molecule is COc1ccc(S(=O)(=O)N(Cc2ccc(Cl)cc2)c2ccc(C)cc2)cc1. The number of hydrogen-bond acceptors (Lipinski definition) is 3. The molecule has 140 valence electrons. The van der Waals surface area contributed by atoms with Crippen LogP contribution in [0.1, 0.15) is 11.1 Å². The minimum absolute atomic E-state index is 0.203. The predicted molar refractivity (Wildman–Crippen MR) is 109 cm³/mol. The van der Waals surface area contributed by atoms with Crippen LogP contribution in [0.3, 0.4) is 0 Å². The molecule has 0 heterocycles. The lowest BCUT2D eigenvalue weighted by Crippen LogP contribution is -2.30. The Bertz CT molecular complexity index is 999. The number of sulfonamides is 1. The highest BCUT2D eigenvalue weighted by Gasteiger charge is 2.25. The molecule has 0 spiro atoms. The first-order chi connectivity index (χ1) is 12.9. The van der Waals surface area contributed by atoms with Crippen molar-refractivity contribution in [3.05, 3.63) is 88.9 Å². The van der Waals surface area contributed by atoms with E-state index in [9.17, 15) is 8.42 Å². The first-order valence-electron chi connectivity index (χ1n) is 8.38. The van der Waals surface area contributed by atoms with Gasteiger partial charge in [-0.2, -0.15) is 0 Å². The first-order valence-corrected chi connectivity index (χ1v) is 10.2. The van der Waals surface area contributed by atoms with Gasteiger partial charge in [-0.05, 0) is 61.0 Å². The summed E-state index contributed by atoms with van der Waals surface area (Å²) in [6.45, 7) is 2.17. The molecule has 0 fully saturated rings. The summed E-state index contributed by atoms with van der Waals surface area (Å²) in [7, 11) is -2.21. The van der Waals surface area contributed by atoms with Crippen LogP contribution in [0.5, 0.6) is 5.75 Å². The number of anilines is 1. The quantitative estimate of drug-likeness (QED) is 0.580. The maximum atomic E-state index is 13.3. The molecule has 0 aliphatic rings. The summed E-state index contributed by atoms with van der Waals surface area (Å²) in [6.07, 6.45) is 0. The third-order valence-corrected chi connectivity index (χ3v) is 6.25. The largest absolute Gasteiger partial charge is 0.497 e. The van der Waals surface area contributed by atoms with Gasteiger partial charge < -0.3 is 4.74 Å². The maximum Gasteiger partial charge on any atom is 0.264 e. The number of benzene rings is 3. The summed E-state index contributed by atoms with van der Waals surface area (Å²) in [4.78, 5) is 0.206. The van der Waals surface area contributed by atoms with Crippen molar-refractivity contribution < 1.29 is 13.2 Å². The number of aryl methyl sites for hydroxylation is 1. The van der Waals surface area contributed by atoms with Crippen LogP contribution in [0.4, 0.5) is 5.69 Å². The Balaban J connectivity index is 2.03. The smallest absolute Gasteiger partial charge is 0.264 e. The molecular formula is C21H20ClNO3S. The molecule has 3 aromatic carbocycles. The zero-order valence-electron chi connectivity index (χ0n) is 15.1. The normalized spacial score (nSPS) is 11.2. The number of hydrogen-bond donors (Lipinski definition) is 0. The van der Waals surface area contributed by atoms with Gasteiger partial charge in [0, 0.05) is 5.02 Å². The maximum absolute atomic E-state index is 13.3. The molecule has 3 aromatic rings. The standard InChI is InChI=1S/C21H20ClNO3S/c1-16-3-9-19(10-4-16)23(15-17-5-7-18(22)8-6-17)27(24,25)21-13-11-20(26-2)12-14-21/h3-14H,15H2,1-2H3. The molecule has 0 aliphatic heterocycles. The Morgan fingerprint density at radius 1 is 0.889 bits per heavy atom. The van der Waals surface area contributed by atoms with Gasteiger partial charge in [0.05, 0.1) is 24.2 Å². The van der Waals surface area contributed by atoms with Gasteiger partial charge in [-0.1, -0.05) is 41.4 Å². The van der Waals surface area contributed by atoms with Gasteiger partial charge in [-0.25, -0.2) is 8.42 Å². The molecule has 0 saturated carbocycles. The molecule has 0 bridgehead atoms. The number of ether oxygens (including phenoxy) is 1. The van der Waals surface area contributed by atoms with Gasteiger partial charge in [0.2, 0.25) is 0 Å². The van der Waals surface area contributed by atoms with Gasteiger partial charge in [-0.15, -0.1) is 0 Å². The molecule has 0 radical (unpaired) electrons. The number of halogens is 1. The molecule has 27 heavy (non-hydrogen) atoms. The van der Waals surface area contributed by atoms with Crippen LogP contribution in [-0.4, -0.2) is 15.5 Å². The minimum Gasteiger partial charge on any atom is -0.497 e. The average molecular weight is 402 g/mol. The lowest BCUT2D eigenvalue weighted by Gasteiger charge is -2.25. The summed E-state index contributed by atoms with van der Waals surface area (Å²) in [5, 5.41) is 0.610. The van der Waals surface area contributed by atoms with E-state index in [0.29, 0.717) is 16.5 Å². The number of nitrogens with zero attached hydrogens (tertiary/aromatic N) is 1. The van der Waals surface area contributed by atoms with Crippen molar-refractivity contribution in [1.29, 1.82) is 0 Å². The molecule has 0 N–H and O–H groups in total. The van der Waals surface area contributed by atoms with Crippen LogP contribution in [0, 0.1) is 6.92 Å². The second-order valence-electron chi connectivity index (χ2n) is 6.15. The minimum atomic E-state index is -3.76. The zero-order chi connectivity index (χ0) is 19.4. The Labute approximate surface area is 165 Å². The fourth-order valence-corrected chi connectivity index (χ4v) is 4.24. The highest BCUT2D eigenvalue weighted by Crippen LogP contribution is 2.27. The second-order valence-corrected chi connectivity index (χ2v) is 8.45. The van der Waals surface area contributed by atoms with E-state index in [1.165, 1.54) is 4.31 Å². The van der Waals surface area contributed by atoms with Crippen molar-refractivity contribution in [2.45, 2.75) is 18.4 Å². The van der Waals surface area contributed by atoms with Gasteiger partial charge >= 0.3 is 0 Å². The summed E-state index contributed by atoms with van der Waals surface area (Å²) in [5.41, 5.74) is 2.51. The summed E-state index contributed by atoms with van der Waals surface area (Å²) in [5.74, 6) is 0.605. The fraction of sp³-hybridized carbons (Fsp3) is 0.143. The second kappa shape index (κ2) is 8.03. The van der Waals surface area contributed by atoms with Crippen molar-refractivity contribution in [3.63, 3.8) is 0 Å². The average Bonchev–Trinajstić information content (AvgIpc) is 2.68. The van der Waals surface area contributed by atoms with E-state index < -0.39 is 10.0 Å². The highest BCUT2D eigenvalue weighted by atomic mass is 35.5. The van der Waals surface area contributed by atoms with Crippen molar-refractivity contribution in [3.8, 4) is 5.75 Å². The van der Waals surface area contributed by atoms with E-state index in [-0.39, 0.29) is 11.4 Å². The van der Waals surface area contributed by atoms with E-state index >= 15 is 0 Å². The Morgan fingerprint density at radius 2 is 1.48 bits per heavy atom. The van der Waals surface area contributed by atoms with E-state index in [1.54, 1.807) is 43.5 Å². The van der Waals surface area contributed by atoms with Crippen LogP contribution in [0.2, 0.25) is 5.02 Å². The highest BCUT2D eigenvalue weighted by molar-refractivity contribution is 7.92. The lowest BCUT2D eigenvalue weighted by molar-refractivity contribution is 0.414. The predicted octanol–water partition coefficient (Wildman–Crippen LogP) is 5.05. The summed E-state index contributed by atoms with van der Waals surface area (Å²) >= 11 is 5.95. The number of methoxy groups -OCH3 is 1. The third-order valence-electron chi connectivity index (χ3n) is 4.21. The lowest BCUT2D eigenvalue weighted by atomic mass is 10.2. The van der Waals surface area contributed by atoms with Crippen molar-refractivity contribution in [1.82, 2.24) is 0 Å². The monoisotopic (exact) mass is 401 g/mol. The van der Waals surface area contributed by atoms with Gasteiger partial charge in [0.15, 0.2) is 0 Å². The molecule has 6 heteroatoms. The zero-order valence-corrected chi connectivity index (χ0v) is 16.7. The topological polar surface area (TPSA) is 46.6 Å². The Hall–Kier alpha value is -2.50. The van der Waals surface area contributed by atoms with Crippen molar-refractivity contribution in [2.75, 3.05) is 11.4 Å². The Morgan fingerprint density at radius 3 is 2.04 bits per heavy atom. The molecule has 0 saturated heterocycles. The molecular weight excluding hydrogens is 382 g/mol. The van der Waals surface area contributed by atoms with E-state index in [2.05, 4.69) is 0 Å². The van der Waals surface area contributed by atoms with Crippen LogP contribution in [0.25, 0.3) is 0 Å².